The Hall–Kier alpha value is -0.340. The van der Waals surface area contributed by atoms with Crippen molar-refractivity contribution in [2.75, 3.05) is 0 Å². The zero-order chi connectivity index (χ0) is 11.9. The molecule has 2 rings (SSSR count). The highest BCUT2D eigenvalue weighted by atomic mass is 79.9. The van der Waals surface area contributed by atoms with Gasteiger partial charge in [-0.25, -0.2) is 0 Å². The molecule has 1 saturated carbocycles. The number of benzene rings is 1. The molecular formula is C15H23BrN+. The van der Waals surface area contributed by atoms with Crippen molar-refractivity contribution in [1.82, 2.24) is 0 Å². The maximum absolute atomic E-state index is 3.54. The predicted octanol–water partition coefficient (Wildman–Crippen LogP) is 3.63. The third kappa shape index (κ3) is 4.81. The number of nitrogens with two attached hydrogens (primary N) is 1. The summed E-state index contributed by atoms with van der Waals surface area (Å²) in [5.74, 6) is 0. The molecule has 0 bridgehead atoms. The highest BCUT2D eigenvalue weighted by Gasteiger charge is 2.13. The predicted molar refractivity (Wildman–Crippen MR) is 75.9 cm³/mol. The van der Waals surface area contributed by atoms with E-state index in [1.54, 1.807) is 0 Å². The van der Waals surface area contributed by atoms with Crippen LogP contribution in [0.1, 0.15) is 50.5 Å². The van der Waals surface area contributed by atoms with Gasteiger partial charge in [0.1, 0.15) is 6.54 Å². The van der Waals surface area contributed by atoms with Gasteiger partial charge in [0, 0.05) is 10.0 Å². The van der Waals surface area contributed by atoms with Gasteiger partial charge in [-0.3, -0.25) is 0 Å². The summed E-state index contributed by atoms with van der Waals surface area (Å²) in [5, 5.41) is 2.55. The van der Waals surface area contributed by atoms with Crippen LogP contribution in [0.5, 0.6) is 0 Å². The zero-order valence-corrected chi connectivity index (χ0v) is 12.1. The molecule has 1 aromatic carbocycles. The second-order valence-electron chi connectivity index (χ2n) is 5.17. The molecule has 0 unspecified atom stereocenters. The largest absolute Gasteiger partial charge is 0.340 e. The maximum Gasteiger partial charge on any atom is 0.101 e. The van der Waals surface area contributed by atoms with E-state index in [4.69, 9.17) is 0 Å². The van der Waals surface area contributed by atoms with Gasteiger partial charge in [-0.1, -0.05) is 47.3 Å². The third-order valence-corrected chi connectivity index (χ3v) is 4.22. The minimum Gasteiger partial charge on any atom is -0.340 e. The lowest BCUT2D eigenvalue weighted by Gasteiger charge is -2.18. The first-order chi connectivity index (χ1) is 8.34. The van der Waals surface area contributed by atoms with Crippen LogP contribution in [0.15, 0.2) is 28.7 Å². The van der Waals surface area contributed by atoms with Gasteiger partial charge in [-0.05, 0) is 37.8 Å². The molecule has 1 aliphatic carbocycles. The van der Waals surface area contributed by atoms with Gasteiger partial charge in [0.2, 0.25) is 0 Å². The maximum atomic E-state index is 3.54. The summed E-state index contributed by atoms with van der Waals surface area (Å²) < 4.78 is 1.20. The second kappa shape index (κ2) is 7.17. The lowest BCUT2D eigenvalue weighted by atomic mass is 9.96. The summed E-state index contributed by atoms with van der Waals surface area (Å²) in [4.78, 5) is 0. The summed E-state index contributed by atoms with van der Waals surface area (Å²) in [6, 6.07) is 9.54. The molecule has 0 radical (unpaired) electrons. The van der Waals surface area contributed by atoms with E-state index in [9.17, 15) is 0 Å². The fourth-order valence-electron chi connectivity index (χ4n) is 2.69. The summed E-state index contributed by atoms with van der Waals surface area (Å²) in [5.41, 5.74) is 1.43. The third-order valence-electron chi connectivity index (χ3n) is 3.73. The fraction of sp³-hybridized carbons (Fsp3) is 0.600. The lowest BCUT2D eigenvalue weighted by Crippen LogP contribution is -2.88. The van der Waals surface area contributed by atoms with Crippen molar-refractivity contribution in [3.63, 3.8) is 0 Å². The zero-order valence-electron chi connectivity index (χ0n) is 10.5. The first-order valence-corrected chi connectivity index (χ1v) is 7.71. The second-order valence-corrected chi connectivity index (χ2v) is 6.09. The van der Waals surface area contributed by atoms with Crippen LogP contribution in [-0.2, 0) is 6.54 Å². The molecule has 0 saturated heterocycles. The Morgan fingerprint density at radius 2 is 1.76 bits per heavy atom. The molecule has 2 heteroatoms. The molecule has 1 fully saturated rings. The van der Waals surface area contributed by atoms with Crippen LogP contribution in [0, 0.1) is 0 Å². The van der Waals surface area contributed by atoms with Crippen molar-refractivity contribution >= 4 is 15.9 Å². The number of halogens is 1. The first kappa shape index (κ1) is 13.1. The Morgan fingerprint density at radius 1 is 1.06 bits per heavy atom. The van der Waals surface area contributed by atoms with Crippen LogP contribution in [-0.4, -0.2) is 6.04 Å². The van der Waals surface area contributed by atoms with Crippen molar-refractivity contribution in [2.45, 2.75) is 57.5 Å². The molecular weight excluding hydrogens is 274 g/mol. The van der Waals surface area contributed by atoms with E-state index < -0.39 is 0 Å². The van der Waals surface area contributed by atoms with Crippen LogP contribution in [0.4, 0.5) is 0 Å². The average molecular weight is 297 g/mol. The average Bonchev–Trinajstić information content (AvgIpc) is 2.27. The van der Waals surface area contributed by atoms with Crippen LogP contribution in [0.25, 0.3) is 0 Å². The van der Waals surface area contributed by atoms with E-state index in [0.717, 1.165) is 12.6 Å². The van der Waals surface area contributed by atoms with Crippen molar-refractivity contribution < 1.29 is 5.32 Å². The molecule has 1 aliphatic rings. The van der Waals surface area contributed by atoms with Crippen LogP contribution >= 0.6 is 15.9 Å². The van der Waals surface area contributed by atoms with Gasteiger partial charge in [-0.15, -0.1) is 0 Å². The minimum atomic E-state index is 0.856. The molecule has 17 heavy (non-hydrogen) atoms. The van der Waals surface area contributed by atoms with Gasteiger partial charge < -0.3 is 5.32 Å². The molecule has 0 amide bonds. The first-order valence-electron chi connectivity index (χ1n) is 6.92. The summed E-state index contributed by atoms with van der Waals surface area (Å²) in [6.45, 7) is 1.13. The molecule has 0 aliphatic heterocycles. The highest BCUT2D eigenvalue weighted by Crippen LogP contribution is 2.15. The van der Waals surface area contributed by atoms with Gasteiger partial charge in [0.05, 0.1) is 6.04 Å². The quantitative estimate of drug-likeness (QED) is 0.877. The Labute approximate surface area is 113 Å². The Balaban J connectivity index is 1.79. The molecule has 94 valence electrons. The number of quaternary nitrogens is 1. The number of hydrogen-bond acceptors (Lipinski definition) is 0. The molecule has 1 nitrogen and oxygen atoms in total. The van der Waals surface area contributed by atoms with E-state index in [2.05, 4.69) is 45.5 Å². The number of hydrogen-bond donors (Lipinski definition) is 1. The minimum absolute atomic E-state index is 0.856. The number of rotatable bonds is 3. The van der Waals surface area contributed by atoms with E-state index in [0.29, 0.717) is 0 Å². The summed E-state index contributed by atoms with van der Waals surface area (Å²) in [6.07, 6.45) is 10.0. The van der Waals surface area contributed by atoms with Crippen LogP contribution < -0.4 is 5.32 Å². The van der Waals surface area contributed by atoms with Crippen molar-refractivity contribution in [2.24, 2.45) is 0 Å². The monoisotopic (exact) mass is 296 g/mol. The van der Waals surface area contributed by atoms with E-state index in [1.165, 1.54) is 55.0 Å². The topological polar surface area (TPSA) is 16.6 Å². The van der Waals surface area contributed by atoms with Gasteiger partial charge in [0.15, 0.2) is 0 Å². The van der Waals surface area contributed by atoms with Crippen LogP contribution in [0.2, 0.25) is 0 Å². The molecule has 0 heterocycles. The summed E-state index contributed by atoms with van der Waals surface area (Å²) in [7, 11) is 0. The van der Waals surface area contributed by atoms with E-state index in [-0.39, 0.29) is 0 Å². The van der Waals surface area contributed by atoms with E-state index >= 15 is 0 Å². The van der Waals surface area contributed by atoms with E-state index in [1.807, 2.05) is 0 Å². The Morgan fingerprint density at radius 3 is 2.47 bits per heavy atom. The molecule has 2 N–H and O–H groups in total. The lowest BCUT2D eigenvalue weighted by molar-refractivity contribution is -0.706. The highest BCUT2D eigenvalue weighted by molar-refractivity contribution is 9.10. The van der Waals surface area contributed by atoms with Crippen molar-refractivity contribution in [1.29, 1.82) is 0 Å². The van der Waals surface area contributed by atoms with Crippen molar-refractivity contribution in [3.8, 4) is 0 Å². The molecule has 0 atom stereocenters. The van der Waals surface area contributed by atoms with Gasteiger partial charge >= 0.3 is 0 Å². The van der Waals surface area contributed by atoms with Crippen molar-refractivity contribution in [3.05, 3.63) is 34.3 Å². The Kier molecular flexibility index (Phi) is 5.53. The summed E-state index contributed by atoms with van der Waals surface area (Å²) >= 11 is 3.54. The standard InChI is InChI=1S/C15H22BrN/c16-14-8-6-7-13(11-14)12-17-15-9-4-2-1-3-5-10-15/h6-8,11,15,17H,1-5,9-10,12H2/p+1. The Bertz CT molecular complexity index is 329. The normalized spacial score (nSPS) is 18.6. The fourth-order valence-corrected chi connectivity index (χ4v) is 3.14. The smallest absolute Gasteiger partial charge is 0.101 e. The molecule has 0 spiro atoms. The van der Waals surface area contributed by atoms with Gasteiger partial charge in [0.25, 0.3) is 0 Å². The van der Waals surface area contributed by atoms with Crippen LogP contribution in [0.3, 0.4) is 0 Å². The molecule has 1 aromatic rings. The van der Waals surface area contributed by atoms with Gasteiger partial charge in [-0.2, -0.15) is 0 Å². The SMILES string of the molecule is Brc1cccc(C[NH2+]C2CCCCCCC2)c1. The molecule has 0 aromatic heterocycles.